The zero-order chi connectivity index (χ0) is 22.9. The van der Waals surface area contributed by atoms with Gasteiger partial charge >= 0.3 is 0 Å². The molecule has 9 heteroatoms. The smallest absolute Gasteiger partial charge is 0.234 e. The number of nitrogens with zero attached hydrogens (tertiary/aromatic N) is 4. The number of thiophene rings is 1. The lowest BCUT2D eigenvalue weighted by Crippen LogP contribution is -2.15. The second kappa shape index (κ2) is 9.30. The number of aryl methyl sites for hydroxylation is 2. The molecule has 0 aliphatic heterocycles. The van der Waals surface area contributed by atoms with Crippen LogP contribution in [0.5, 0.6) is 5.75 Å². The molecular formula is C24H27N5O2S2. The number of rotatable bonds is 7. The first-order valence-corrected chi connectivity index (χ1v) is 13.2. The average molecular weight is 482 g/mol. The Morgan fingerprint density at radius 3 is 2.97 bits per heavy atom. The van der Waals surface area contributed by atoms with Gasteiger partial charge in [0.1, 0.15) is 16.4 Å². The van der Waals surface area contributed by atoms with Crippen molar-refractivity contribution in [2.75, 3.05) is 17.7 Å². The Kier molecular flexibility index (Phi) is 6.25. The third kappa shape index (κ3) is 4.19. The first-order chi connectivity index (χ1) is 16.1. The summed E-state index contributed by atoms with van der Waals surface area (Å²) in [5.41, 5.74) is 2.93. The Bertz CT molecular complexity index is 1330. The number of amides is 1. The maximum absolute atomic E-state index is 12.7. The van der Waals surface area contributed by atoms with Gasteiger partial charge in [0.2, 0.25) is 5.91 Å². The number of hydrogen-bond acceptors (Lipinski definition) is 7. The number of nitrogens with one attached hydrogen (secondary N) is 1. The number of hydrogen-bond donors (Lipinski definition) is 1. The van der Waals surface area contributed by atoms with Crippen molar-refractivity contribution in [2.24, 2.45) is 5.92 Å². The van der Waals surface area contributed by atoms with E-state index in [-0.39, 0.29) is 11.7 Å². The minimum absolute atomic E-state index is 0.113. The van der Waals surface area contributed by atoms with Gasteiger partial charge in [-0.2, -0.15) is 0 Å². The van der Waals surface area contributed by atoms with Crippen molar-refractivity contribution in [3.63, 3.8) is 0 Å². The van der Waals surface area contributed by atoms with E-state index < -0.39 is 0 Å². The van der Waals surface area contributed by atoms with Gasteiger partial charge in [-0.15, -0.1) is 21.5 Å². The summed E-state index contributed by atoms with van der Waals surface area (Å²) in [6.07, 6.45) is 4.14. The number of aromatic nitrogens is 4. The number of carbonyl (C=O) groups is 1. The van der Waals surface area contributed by atoms with E-state index in [9.17, 15) is 4.79 Å². The van der Waals surface area contributed by atoms with E-state index in [2.05, 4.69) is 29.4 Å². The molecule has 3 aromatic heterocycles. The number of thioether (sulfide) groups is 1. The maximum atomic E-state index is 12.7. The molecule has 33 heavy (non-hydrogen) atoms. The van der Waals surface area contributed by atoms with Crippen LogP contribution in [0, 0.1) is 5.92 Å². The lowest BCUT2D eigenvalue weighted by Gasteiger charge is -2.17. The summed E-state index contributed by atoms with van der Waals surface area (Å²) >= 11 is 3.19. The van der Waals surface area contributed by atoms with Crippen molar-refractivity contribution in [3.8, 4) is 5.75 Å². The average Bonchev–Trinajstić information content (AvgIpc) is 3.39. The Balaban J connectivity index is 1.42. The third-order valence-electron chi connectivity index (χ3n) is 5.95. The van der Waals surface area contributed by atoms with Crippen LogP contribution in [-0.4, -0.2) is 37.8 Å². The van der Waals surface area contributed by atoms with Gasteiger partial charge in [0, 0.05) is 11.3 Å². The summed E-state index contributed by atoms with van der Waals surface area (Å²) in [7, 11) is 0. The summed E-state index contributed by atoms with van der Waals surface area (Å²) in [6.45, 7) is 6.87. The van der Waals surface area contributed by atoms with Gasteiger partial charge in [-0.1, -0.05) is 37.7 Å². The van der Waals surface area contributed by atoms with E-state index in [1.165, 1.54) is 28.6 Å². The molecule has 0 unspecified atom stereocenters. The Hall–Kier alpha value is -2.65. The van der Waals surface area contributed by atoms with Gasteiger partial charge in [0.05, 0.1) is 23.4 Å². The molecule has 3 heterocycles. The van der Waals surface area contributed by atoms with Crippen LogP contribution in [0.4, 0.5) is 5.69 Å². The molecule has 1 aromatic carbocycles. The highest BCUT2D eigenvalue weighted by atomic mass is 32.2. The quantitative estimate of drug-likeness (QED) is 0.368. The Morgan fingerprint density at radius 2 is 2.15 bits per heavy atom. The minimum atomic E-state index is -0.113. The van der Waals surface area contributed by atoms with Crippen molar-refractivity contribution >= 4 is 50.6 Å². The van der Waals surface area contributed by atoms with Gasteiger partial charge in [-0.05, 0) is 49.8 Å². The molecule has 0 radical (unpaired) electrons. The fraction of sp³-hybridized carbons (Fsp3) is 0.417. The van der Waals surface area contributed by atoms with Crippen LogP contribution in [0.3, 0.4) is 0 Å². The molecule has 0 saturated heterocycles. The summed E-state index contributed by atoms with van der Waals surface area (Å²) in [5.74, 6) is 2.42. The normalized spacial score (nSPS) is 15.7. The van der Waals surface area contributed by atoms with Crippen molar-refractivity contribution in [1.82, 2.24) is 19.6 Å². The number of anilines is 1. The molecule has 1 amide bonds. The monoisotopic (exact) mass is 481 g/mol. The predicted octanol–water partition coefficient (Wildman–Crippen LogP) is 5.16. The minimum Gasteiger partial charge on any atom is -0.492 e. The fourth-order valence-corrected chi connectivity index (χ4v) is 6.52. The zero-order valence-corrected chi connectivity index (χ0v) is 20.7. The molecule has 7 nitrogen and oxygen atoms in total. The lowest BCUT2D eigenvalue weighted by atomic mass is 9.89. The number of carbonyl (C=O) groups excluding carboxylic acids is 1. The van der Waals surface area contributed by atoms with Crippen LogP contribution in [0.15, 0.2) is 29.4 Å². The summed E-state index contributed by atoms with van der Waals surface area (Å²) in [5, 5.41) is 13.8. The first-order valence-electron chi connectivity index (χ1n) is 11.4. The largest absolute Gasteiger partial charge is 0.492 e. The zero-order valence-electron chi connectivity index (χ0n) is 19.1. The molecule has 4 aromatic rings. The molecule has 0 spiro atoms. The second-order valence-electron chi connectivity index (χ2n) is 8.32. The van der Waals surface area contributed by atoms with E-state index in [1.807, 2.05) is 35.6 Å². The Morgan fingerprint density at radius 1 is 1.30 bits per heavy atom. The first kappa shape index (κ1) is 22.2. The van der Waals surface area contributed by atoms with E-state index >= 15 is 0 Å². The molecule has 0 saturated carbocycles. The van der Waals surface area contributed by atoms with Crippen molar-refractivity contribution in [1.29, 1.82) is 0 Å². The van der Waals surface area contributed by atoms with Crippen LogP contribution in [-0.2, 0) is 24.1 Å². The number of para-hydroxylation sites is 2. The molecule has 172 valence electrons. The number of ether oxygens (including phenoxy) is 1. The van der Waals surface area contributed by atoms with Crippen molar-refractivity contribution in [2.45, 2.75) is 51.6 Å². The second-order valence-corrected chi connectivity index (χ2v) is 10.3. The molecule has 1 aliphatic rings. The third-order valence-corrected chi connectivity index (χ3v) is 8.03. The molecule has 0 bridgehead atoms. The molecule has 1 N–H and O–H groups in total. The van der Waals surface area contributed by atoms with E-state index in [1.54, 1.807) is 11.3 Å². The maximum Gasteiger partial charge on any atom is 0.234 e. The summed E-state index contributed by atoms with van der Waals surface area (Å²) < 4.78 is 7.65. The number of benzene rings is 1. The Labute approximate surface area is 201 Å². The highest BCUT2D eigenvalue weighted by Crippen LogP contribution is 2.39. The van der Waals surface area contributed by atoms with Crippen molar-refractivity contribution < 1.29 is 9.53 Å². The molecule has 1 aliphatic carbocycles. The van der Waals surface area contributed by atoms with E-state index in [4.69, 9.17) is 9.72 Å². The SMILES string of the molecule is CCOc1ccccc1NC(=O)CSc1nnc2c3c4c(sc3nc(CC)n12)C[C@H](C)CC4. The van der Waals surface area contributed by atoms with Gasteiger partial charge in [-0.25, -0.2) is 4.98 Å². The highest BCUT2D eigenvalue weighted by molar-refractivity contribution is 7.99. The van der Waals surface area contributed by atoms with E-state index in [0.717, 1.165) is 41.0 Å². The van der Waals surface area contributed by atoms with Crippen LogP contribution < -0.4 is 10.1 Å². The van der Waals surface area contributed by atoms with Crippen molar-refractivity contribution in [3.05, 3.63) is 40.5 Å². The molecule has 0 fully saturated rings. The van der Waals surface area contributed by atoms with E-state index in [0.29, 0.717) is 29.1 Å². The lowest BCUT2D eigenvalue weighted by molar-refractivity contribution is -0.113. The highest BCUT2D eigenvalue weighted by Gasteiger charge is 2.25. The standard InChI is InChI=1S/C24H27N5O2S2/c1-4-19-26-23-21(15-11-10-14(3)12-18(15)33-23)22-27-28-24(29(19)22)32-13-20(30)25-16-8-6-7-9-17(16)31-5-2/h6-9,14H,4-5,10-13H2,1-3H3,(H,25,30)/t14-/m1/s1. The molecular weight excluding hydrogens is 454 g/mol. The topological polar surface area (TPSA) is 81.4 Å². The van der Waals surface area contributed by atoms with Gasteiger partial charge in [0.15, 0.2) is 10.8 Å². The number of fused-ring (bicyclic) bond motifs is 5. The van der Waals surface area contributed by atoms with Crippen LogP contribution >= 0.6 is 23.1 Å². The predicted molar refractivity (Wildman–Crippen MR) is 134 cm³/mol. The summed E-state index contributed by atoms with van der Waals surface area (Å²) in [4.78, 5) is 20.2. The molecule has 5 rings (SSSR count). The fourth-order valence-electron chi connectivity index (χ4n) is 4.38. The van der Waals surface area contributed by atoms with Crippen LogP contribution in [0.1, 0.15) is 43.5 Å². The summed E-state index contributed by atoms with van der Waals surface area (Å²) in [6, 6.07) is 7.47. The van der Waals surface area contributed by atoms with Crippen LogP contribution in [0.2, 0.25) is 0 Å². The van der Waals surface area contributed by atoms with Gasteiger partial charge < -0.3 is 10.1 Å². The molecule has 1 atom stereocenters. The van der Waals surface area contributed by atoms with Gasteiger partial charge in [0.25, 0.3) is 0 Å². The van der Waals surface area contributed by atoms with Crippen LogP contribution in [0.25, 0.3) is 15.9 Å². The van der Waals surface area contributed by atoms with Gasteiger partial charge in [-0.3, -0.25) is 9.20 Å².